The Morgan fingerprint density at radius 3 is 2.75 bits per heavy atom. The zero-order chi connectivity index (χ0) is 19.5. The molecule has 0 bridgehead atoms. The van der Waals surface area contributed by atoms with Crippen molar-refractivity contribution in [2.45, 2.75) is 39.3 Å². The summed E-state index contributed by atoms with van der Waals surface area (Å²) in [5.74, 6) is 2.71. The van der Waals surface area contributed by atoms with Gasteiger partial charge in [-0.05, 0) is 38.9 Å². The maximum atomic E-state index is 5.99. The molecule has 0 amide bonds. The number of nitrogens with one attached hydrogen (secondary N) is 1. The Bertz CT molecular complexity index is 817. The minimum atomic E-state index is 0.502. The highest BCUT2D eigenvalue weighted by molar-refractivity contribution is 5.52. The number of fused-ring (bicyclic) bond motifs is 2. The molecule has 1 saturated heterocycles. The van der Waals surface area contributed by atoms with Crippen LogP contribution >= 0.6 is 0 Å². The molecular weight excluding hydrogens is 350 g/mol. The SMILES string of the molecule is Cc1nc2c(c(NCC[C@H](C)N3CCN(C)CC3)n1)Cc1ccccc1OC2. The number of anilines is 1. The lowest BCUT2D eigenvalue weighted by Gasteiger charge is -2.36. The van der Waals surface area contributed by atoms with Gasteiger partial charge in [0.1, 0.15) is 24.0 Å². The average molecular weight is 382 g/mol. The van der Waals surface area contributed by atoms with Gasteiger partial charge in [0, 0.05) is 50.7 Å². The fourth-order valence-corrected chi connectivity index (χ4v) is 4.08. The number of benzene rings is 1. The molecule has 0 spiro atoms. The summed E-state index contributed by atoms with van der Waals surface area (Å²) in [5.41, 5.74) is 3.36. The lowest BCUT2D eigenvalue weighted by Crippen LogP contribution is -2.48. The van der Waals surface area contributed by atoms with E-state index in [4.69, 9.17) is 9.72 Å². The number of likely N-dealkylation sites (N-methyl/N-ethyl adjacent to an activating group) is 1. The fourth-order valence-electron chi connectivity index (χ4n) is 4.08. The van der Waals surface area contributed by atoms with Crippen molar-refractivity contribution in [3.63, 3.8) is 0 Å². The first-order chi connectivity index (χ1) is 13.6. The quantitative estimate of drug-likeness (QED) is 0.859. The van der Waals surface area contributed by atoms with Gasteiger partial charge in [-0.25, -0.2) is 9.97 Å². The predicted molar refractivity (Wildman–Crippen MR) is 112 cm³/mol. The van der Waals surface area contributed by atoms with E-state index >= 15 is 0 Å². The number of aromatic nitrogens is 2. The Morgan fingerprint density at radius 1 is 1.14 bits per heavy atom. The second-order valence-corrected chi connectivity index (χ2v) is 8.02. The van der Waals surface area contributed by atoms with Crippen LogP contribution in [0.1, 0.15) is 36.0 Å². The van der Waals surface area contributed by atoms with Crippen molar-refractivity contribution < 1.29 is 4.74 Å². The van der Waals surface area contributed by atoms with E-state index in [0.717, 1.165) is 68.7 Å². The summed E-state index contributed by atoms with van der Waals surface area (Å²) in [6, 6.07) is 8.82. The molecule has 2 aliphatic heterocycles. The molecule has 0 saturated carbocycles. The average Bonchev–Trinajstić information content (AvgIpc) is 2.88. The maximum absolute atomic E-state index is 5.99. The van der Waals surface area contributed by atoms with E-state index in [2.05, 4.69) is 46.2 Å². The van der Waals surface area contributed by atoms with Gasteiger partial charge in [-0.3, -0.25) is 4.90 Å². The Morgan fingerprint density at radius 2 is 1.93 bits per heavy atom. The van der Waals surface area contributed by atoms with Crippen molar-refractivity contribution in [2.75, 3.05) is 45.1 Å². The number of nitrogens with zero attached hydrogens (tertiary/aromatic N) is 4. The van der Waals surface area contributed by atoms with Gasteiger partial charge in [-0.15, -0.1) is 0 Å². The van der Waals surface area contributed by atoms with Crippen molar-refractivity contribution >= 4 is 5.82 Å². The number of piperazine rings is 1. The van der Waals surface area contributed by atoms with Crippen LogP contribution in [0.15, 0.2) is 24.3 Å². The monoisotopic (exact) mass is 381 g/mol. The third-order valence-corrected chi connectivity index (χ3v) is 5.92. The summed E-state index contributed by atoms with van der Waals surface area (Å²) in [5, 5.41) is 3.61. The first-order valence-electron chi connectivity index (χ1n) is 10.3. The minimum Gasteiger partial charge on any atom is -0.487 e. The minimum absolute atomic E-state index is 0.502. The molecular formula is C22H31N5O. The Hall–Kier alpha value is -2.18. The molecule has 150 valence electrons. The molecule has 3 heterocycles. The molecule has 0 radical (unpaired) electrons. The van der Waals surface area contributed by atoms with Crippen LogP contribution in [-0.2, 0) is 13.0 Å². The summed E-state index contributed by atoms with van der Waals surface area (Å²) in [6.45, 7) is 10.4. The van der Waals surface area contributed by atoms with Crippen molar-refractivity contribution in [2.24, 2.45) is 0 Å². The van der Waals surface area contributed by atoms with Crippen LogP contribution in [0.3, 0.4) is 0 Å². The van der Waals surface area contributed by atoms with Crippen molar-refractivity contribution in [1.82, 2.24) is 19.8 Å². The smallest absolute Gasteiger partial charge is 0.133 e. The van der Waals surface area contributed by atoms with E-state index in [1.807, 2.05) is 19.1 Å². The van der Waals surface area contributed by atoms with Gasteiger partial charge >= 0.3 is 0 Å². The number of hydrogen-bond donors (Lipinski definition) is 1. The van der Waals surface area contributed by atoms with Crippen LogP contribution in [0.4, 0.5) is 5.82 Å². The highest BCUT2D eigenvalue weighted by atomic mass is 16.5. The second kappa shape index (κ2) is 8.45. The van der Waals surface area contributed by atoms with Gasteiger partial charge < -0.3 is 15.0 Å². The summed E-state index contributed by atoms with van der Waals surface area (Å²) in [4.78, 5) is 14.4. The van der Waals surface area contributed by atoms with Crippen LogP contribution in [0.25, 0.3) is 0 Å². The summed E-state index contributed by atoms with van der Waals surface area (Å²) in [6.07, 6.45) is 1.91. The largest absolute Gasteiger partial charge is 0.487 e. The molecule has 0 unspecified atom stereocenters. The van der Waals surface area contributed by atoms with E-state index in [9.17, 15) is 0 Å². The van der Waals surface area contributed by atoms with Crippen LogP contribution in [0, 0.1) is 6.92 Å². The lowest BCUT2D eigenvalue weighted by molar-refractivity contribution is 0.116. The number of ether oxygens (including phenoxy) is 1. The topological polar surface area (TPSA) is 53.5 Å². The second-order valence-electron chi connectivity index (χ2n) is 8.02. The molecule has 1 N–H and O–H groups in total. The van der Waals surface area contributed by atoms with Gasteiger partial charge in [0.25, 0.3) is 0 Å². The van der Waals surface area contributed by atoms with Crippen LogP contribution in [-0.4, -0.2) is 65.6 Å². The third kappa shape index (κ3) is 4.28. The molecule has 0 aliphatic carbocycles. The first kappa shape index (κ1) is 19.2. The van der Waals surface area contributed by atoms with Gasteiger partial charge in [-0.2, -0.15) is 0 Å². The molecule has 2 aliphatic rings. The number of rotatable bonds is 5. The zero-order valence-electron chi connectivity index (χ0n) is 17.2. The molecule has 1 aromatic carbocycles. The third-order valence-electron chi connectivity index (χ3n) is 5.92. The normalized spacial score (nSPS) is 18.5. The molecule has 1 aromatic heterocycles. The van der Waals surface area contributed by atoms with Crippen LogP contribution < -0.4 is 10.1 Å². The summed E-state index contributed by atoms with van der Waals surface area (Å²) >= 11 is 0. The molecule has 28 heavy (non-hydrogen) atoms. The lowest BCUT2D eigenvalue weighted by atomic mass is 10.0. The van der Waals surface area contributed by atoms with E-state index in [1.165, 1.54) is 11.1 Å². The van der Waals surface area contributed by atoms with E-state index in [-0.39, 0.29) is 0 Å². The number of aryl methyl sites for hydroxylation is 1. The molecule has 6 nitrogen and oxygen atoms in total. The van der Waals surface area contributed by atoms with E-state index < -0.39 is 0 Å². The number of hydrogen-bond acceptors (Lipinski definition) is 6. The molecule has 4 rings (SSSR count). The molecule has 2 aromatic rings. The maximum Gasteiger partial charge on any atom is 0.133 e. The fraction of sp³-hybridized carbons (Fsp3) is 0.545. The van der Waals surface area contributed by atoms with Crippen LogP contribution in [0.5, 0.6) is 5.75 Å². The van der Waals surface area contributed by atoms with Crippen molar-refractivity contribution in [3.8, 4) is 5.75 Å². The Labute approximate surface area is 167 Å². The van der Waals surface area contributed by atoms with E-state index in [1.54, 1.807) is 0 Å². The van der Waals surface area contributed by atoms with Gasteiger partial charge in [0.05, 0.1) is 5.69 Å². The standard InChI is InChI=1S/C22H31N5O/c1-16(27-12-10-26(3)11-13-27)8-9-23-22-19-14-18-6-4-5-7-21(18)28-15-20(19)24-17(2)25-22/h4-7,16H,8-15H2,1-3H3,(H,23,24,25)/t16-/m0/s1. The zero-order valence-corrected chi connectivity index (χ0v) is 17.2. The molecule has 1 atom stereocenters. The Balaban J connectivity index is 1.43. The highest BCUT2D eigenvalue weighted by Crippen LogP contribution is 2.30. The van der Waals surface area contributed by atoms with Gasteiger partial charge in [-0.1, -0.05) is 18.2 Å². The van der Waals surface area contributed by atoms with E-state index in [0.29, 0.717) is 12.6 Å². The predicted octanol–water partition coefficient (Wildman–Crippen LogP) is 2.71. The Kier molecular flexibility index (Phi) is 5.78. The van der Waals surface area contributed by atoms with Crippen LogP contribution in [0.2, 0.25) is 0 Å². The highest BCUT2D eigenvalue weighted by Gasteiger charge is 2.21. The van der Waals surface area contributed by atoms with Gasteiger partial charge in [0.15, 0.2) is 0 Å². The number of para-hydroxylation sites is 1. The molecule has 1 fully saturated rings. The van der Waals surface area contributed by atoms with Crippen molar-refractivity contribution in [3.05, 3.63) is 46.9 Å². The van der Waals surface area contributed by atoms with Gasteiger partial charge in [0.2, 0.25) is 0 Å². The summed E-state index contributed by atoms with van der Waals surface area (Å²) < 4.78 is 5.99. The van der Waals surface area contributed by atoms with Crippen molar-refractivity contribution in [1.29, 1.82) is 0 Å². The molecule has 6 heteroatoms. The first-order valence-corrected chi connectivity index (χ1v) is 10.3. The summed E-state index contributed by atoms with van der Waals surface area (Å²) in [7, 11) is 2.20.